The van der Waals surface area contributed by atoms with Gasteiger partial charge in [0.05, 0.1) is 6.04 Å². The van der Waals surface area contributed by atoms with Crippen molar-refractivity contribution in [3.05, 3.63) is 0 Å². The molecule has 58 valence electrons. The lowest BCUT2D eigenvalue weighted by Crippen LogP contribution is -2.34. The molecule has 0 bridgehead atoms. The van der Waals surface area contributed by atoms with Crippen molar-refractivity contribution in [2.24, 2.45) is 5.92 Å². The fourth-order valence-corrected chi connectivity index (χ4v) is 1.24. The number of carbonyl (C=O) groups excluding carboxylic acids is 1. The van der Waals surface area contributed by atoms with Crippen molar-refractivity contribution in [1.29, 1.82) is 0 Å². The number of ether oxygens (including phenoxy) is 1. The molecule has 1 heterocycles. The van der Waals surface area contributed by atoms with Crippen molar-refractivity contribution in [1.82, 2.24) is 5.32 Å². The van der Waals surface area contributed by atoms with Gasteiger partial charge in [-0.25, -0.2) is 4.79 Å². The van der Waals surface area contributed by atoms with E-state index in [2.05, 4.69) is 19.2 Å². The van der Waals surface area contributed by atoms with E-state index < -0.39 is 0 Å². The Morgan fingerprint density at radius 3 is 2.40 bits per heavy atom. The summed E-state index contributed by atoms with van der Waals surface area (Å²) in [6, 6.07) is 0.187. The van der Waals surface area contributed by atoms with Crippen LogP contribution in [-0.2, 0) is 4.74 Å². The standard InChI is InChI=1S/C7H13NO2/c1-4(2)6-5(3)10-7(9)8-6/h4-6H,1-3H3,(H,8,9)/t5-,6+/m1/s1. The molecule has 1 fully saturated rings. The molecule has 0 aromatic heterocycles. The van der Waals surface area contributed by atoms with E-state index in [1.165, 1.54) is 0 Å². The predicted octanol–water partition coefficient (Wildman–Crippen LogP) is 1.14. The van der Waals surface area contributed by atoms with Crippen LogP contribution >= 0.6 is 0 Å². The van der Waals surface area contributed by atoms with Gasteiger partial charge in [-0.3, -0.25) is 0 Å². The molecule has 1 rings (SSSR count). The normalized spacial score (nSPS) is 32.2. The second-order valence-electron chi connectivity index (χ2n) is 3.02. The van der Waals surface area contributed by atoms with E-state index >= 15 is 0 Å². The SMILES string of the molecule is CC(C)[C@@H]1NC(=O)O[C@@H]1C. The minimum absolute atomic E-state index is 0.0208. The molecule has 0 unspecified atom stereocenters. The molecule has 1 amide bonds. The molecule has 0 aromatic carbocycles. The smallest absolute Gasteiger partial charge is 0.407 e. The number of carbonyl (C=O) groups is 1. The summed E-state index contributed by atoms with van der Waals surface area (Å²) in [5, 5.41) is 2.74. The van der Waals surface area contributed by atoms with Crippen LogP contribution in [0, 0.1) is 5.92 Å². The van der Waals surface area contributed by atoms with Crippen LogP contribution in [0.15, 0.2) is 0 Å². The van der Waals surface area contributed by atoms with Crippen LogP contribution in [0.4, 0.5) is 4.79 Å². The minimum Gasteiger partial charge on any atom is -0.444 e. The van der Waals surface area contributed by atoms with Gasteiger partial charge in [-0.1, -0.05) is 13.8 Å². The molecular weight excluding hydrogens is 130 g/mol. The largest absolute Gasteiger partial charge is 0.444 e. The molecule has 3 heteroatoms. The Balaban J connectivity index is 2.54. The monoisotopic (exact) mass is 143 g/mol. The Morgan fingerprint density at radius 1 is 1.60 bits per heavy atom. The van der Waals surface area contributed by atoms with E-state index in [1.54, 1.807) is 0 Å². The van der Waals surface area contributed by atoms with Crippen molar-refractivity contribution in [3.63, 3.8) is 0 Å². The highest BCUT2D eigenvalue weighted by molar-refractivity contribution is 5.70. The van der Waals surface area contributed by atoms with Crippen molar-refractivity contribution < 1.29 is 9.53 Å². The molecule has 0 spiro atoms. The highest BCUT2D eigenvalue weighted by atomic mass is 16.6. The number of cyclic esters (lactones) is 1. The maximum Gasteiger partial charge on any atom is 0.407 e. The molecule has 2 atom stereocenters. The van der Waals surface area contributed by atoms with Crippen molar-refractivity contribution in [3.8, 4) is 0 Å². The summed E-state index contributed by atoms with van der Waals surface area (Å²) in [6.45, 7) is 6.04. The van der Waals surface area contributed by atoms with Crippen LogP contribution in [-0.4, -0.2) is 18.2 Å². The third kappa shape index (κ3) is 1.23. The van der Waals surface area contributed by atoms with Gasteiger partial charge in [0.1, 0.15) is 6.10 Å². The highest BCUT2D eigenvalue weighted by Gasteiger charge is 2.32. The molecule has 1 N–H and O–H groups in total. The fourth-order valence-electron chi connectivity index (χ4n) is 1.24. The number of alkyl carbamates (subject to hydrolysis) is 1. The lowest BCUT2D eigenvalue weighted by molar-refractivity contribution is 0.136. The Kier molecular flexibility index (Phi) is 1.83. The molecule has 1 aliphatic rings. The summed E-state index contributed by atoms with van der Waals surface area (Å²) in [6.07, 6.45) is -0.265. The minimum atomic E-state index is -0.286. The van der Waals surface area contributed by atoms with Gasteiger partial charge < -0.3 is 10.1 Å². The third-order valence-corrected chi connectivity index (χ3v) is 1.80. The van der Waals surface area contributed by atoms with Crippen molar-refractivity contribution in [2.75, 3.05) is 0 Å². The van der Waals surface area contributed by atoms with Crippen molar-refractivity contribution in [2.45, 2.75) is 32.9 Å². The number of amides is 1. The molecular formula is C7H13NO2. The van der Waals surface area contributed by atoms with E-state index in [-0.39, 0.29) is 18.2 Å². The molecule has 10 heavy (non-hydrogen) atoms. The van der Waals surface area contributed by atoms with E-state index in [4.69, 9.17) is 4.74 Å². The highest BCUT2D eigenvalue weighted by Crippen LogP contribution is 2.14. The van der Waals surface area contributed by atoms with Gasteiger partial charge in [0.2, 0.25) is 0 Å². The molecule has 1 aliphatic heterocycles. The zero-order valence-corrected chi connectivity index (χ0v) is 6.55. The molecule has 0 saturated carbocycles. The number of hydrogen-bond acceptors (Lipinski definition) is 2. The van der Waals surface area contributed by atoms with Gasteiger partial charge in [-0.2, -0.15) is 0 Å². The van der Waals surface area contributed by atoms with E-state index in [1.807, 2.05) is 6.92 Å². The average molecular weight is 143 g/mol. The first kappa shape index (κ1) is 7.38. The number of hydrogen-bond donors (Lipinski definition) is 1. The van der Waals surface area contributed by atoms with E-state index in [0.717, 1.165) is 0 Å². The van der Waals surface area contributed by atoms with Crippen LogP contribution in [0.5, 0.6) is 0 Å². The second-order valence-corrected chi connectivity index (χ2v) is 3.02. The predicted molar refractivity (Wildman–Crippen MR) is 37.7 cm³/mol. The van der Waals surface area contributed by atoms with Crippen LogP contribution < -0.4 is 5.32 Å². The summed E-state index contributed by atoms with van der Waals surface area (Å²) >= 11 is 0. The number of nitrogens with one attached hydrogen (secondary N) is 1. The quantitative estimate of drug-likeness (QED) is 0.597. The Hall–Kier alpha value is -0.730. The van der Waals surface area contributed by atoms with Gasteiger partial charge in [-0.15, -0.1) is 0 Å². The Bertz CT molecular complexity index is 145. The summed E-state index contributed by atoms with van der Waals surface area (Å²) in [7, 11) is 0. The van der Waals surface area contributed by atoms with Crippen LogP contribution in [0.2, 0.25) is 0 Å². The first-order chi connectivity index (χ1) is 4.61. The lowest BCUT2D eigenvalue weighted by atomic mass is 10.0. The van der Waals surface area contributed by atoms with Crippen LogP contribution in [0.1, 0.15) is 20.8 Å². The molecule has 0 aliphatic carbocycles. The zero-order chi connectivity index (χ0) is 7.72. The summed E-state index contributed by atoms with van der Waals surface area (Å²) in [5.41, 5.74) is 0. The second kappa shape index (κ2) is 2.48. The van der Waals surface area contributed by atoms with Gasteiger partial charge in [-0.05, 0) is 12.8 Å². The zero-order valence-electron chi connectivity index (χ0n) is 6.55. The maximum absolute atomic E-state index is 10.6. The van der Waals surface area contributed by atoms with E-state index in [0.29, 0.717) is 5.92 Å². The van der Waals surface area contributed by atoms with Crippen molar-refractivity contribution >= 4 is 6.09 Å². The van der Waals surface area contributed by atoms with Crippen LogP contribution in [0.3, 0.4) is 0 Å². The fraction of sp³-hybridized carbons (Fsp3) is 0.857. The third-order valence-electron chi connectivity index (χ3n) is 1.80. The van der Waals surface area contributed by atoms with Gasteiger partial charge in [0.25, 0.3) is 0 Å². The number of rotatable bonds is 1. The van der Waals surface area contributed by atoms with E-state index in [9.17, 15) is 4.79 Å². The summed E-state index contributed by atoms with van der Waals surface area (Å²) in [4.78, 5) is 10.6. The molecule has 1 saturated heterocycles. The first-order valence-corrected chi connectivity index (χ1v) is 3.58. The van der Waals surface area contributed by atoms with Crippen LogP contribution in [0.25, 0.3) is 0 Å². The molecule has 0 aromatic rings. The van der Waals surface area contributed by atoms with Gasteiger partial charge >= 0.3 is 6.09 Å². The van der Waals surface area contributed by atoms with Gasteiger partial charge in [0, 0.05) is 0 Å². The topological polar surface area (TPSA) is 38.3 Å². The summed E-state index contributed by atoms with van der Waals surface area (Å²) < 4.78 is 4.89. The lowest BCUT2D eigenvalue weighted by Gasteiger charge is -2.15. The average Bonchev–Trinajstić information content (AvgIpc) is 2.10. The maximum atomic E-state index is 10.6. The first-order valence-electron chi connectivity index (χ1n) is 3.58. The molecule has 3 nitrogen and oxygen atoms in total. The molecule has 0 radical (unpaired) electrons. The summed E-state index contributed by atoms with van der Waals surface area (Å²) in [5.74, 6) is 0.446. The van der Waals surface area contributed by atoms with Gasteiger partial charge in [0.15, 0.2) is 0 Å². The Labute approximate surface area is 60.7 Å². The Morgan fingerprint density at radius 2 is 2.20 bits per heavy atom.